The Bertz CT molecular complexity index is 973. The topological polar surface area (TPSA) is 61.4 Å². The van der Waals surface area contributed by atoms with Gasteiger partial charge in [-0.1, -0.05) is 24.3 Å². The fourth-order valence-electron chi connectivity index (χ4n) is 4.91. The Balaban J connectivity index is 1.24. The molecule has 2 N–H and O–H groups in total. The van der Waals surface area contributed by atoms with E-state index in [2.05, 4.69) is 63.5 Å². The molecule has 1 aliphatic heterocycles. The molecular formula is C27H39N3O2S. The Kier molecular flexibility index (Phi) is 7.97. The van der Waals surface area contributed by atoms with Gasteiger partial charge in [0, 0.05) is 37.1 Å². The van der Waals surface area contributed by atoms with Crippen molar-refractivity contribution in [3.05, 3.63) is 48.5 Å². The molecule has 0 atom stereocenters. The average molecular weight is 470 g/mol. The van der Waals surface area contributed by atoms with E-state index in [1.807, 2.05) is 0 Å². The second-order valence-electron chi connectivity index (χ2n) is 9.98. The zero-order valence-electron chi connectivity index (χ0n) is 20.1. The number of rotatable bonds is 8. The van der Waals surface area contributed by atoms with Crippen LogP contribution in [-0.2, 0) is 10.0 Å². The van der Waals surface area contributed by atoms with Crippen molar-refractivity contribution < 1.29 is 8.42 Å². The number of hydrogen-bond acceptors (Lipinski definition) is 4. The fourth-order valence-corrected chi connectivity index (χ4v) is 5.88. The molecule has 2 fully saturated rings. The number of hydrogen-bond donors (Lipinski definition) is 2. The van der Waals surface area contributed by atoms with Crippen LogP contribution >= 0.6 is 0 Å². The number of anilines is 2. The van der Waals surface area contributed by atoms with E-state index in [9.17, 15) is 8.42 Å². The first-order valence-corrected chi connectivity index (χ1v) is 14.2. The molecular weight excluding hydrogens is 430 g/mol. The van der Waals surface area contributed by atoms with Crippen LogP contribution in [0.1, 0.15) is 58.8 Å². The smallest absolute Gasteiger partial charge is 0.214 e. The molecule has 2 aromatic carbocycles. The summed E-state index contributed by atoms with van der Waals surface area (Å²) in [6, 6.07) is 17.8. The summed E-state index contributed by atoms with van der Waals surface area (Å²) in [5.74, 6) is 0.590. The first-order valence-electron chi connectivity index (χ1n) is 12.6. The number of sulfonamides is 1. The van der Waals surface area contributed by atoms with E-state index >= 15 is 0 Å². The SMILES string of the molecule is CC(C)S(=O)(=O)NC1CCC(CNc2ccc(-c3ccc(N4CCCCC4)cc3)cc2)CC1. The molecule has 1 saturated carbocycles. The Morgan fingerprint density at radius 3 is 2.00 bits per heavy atom. The van der Waals surface area contributed by atoms with Crippen molar-refractivity contribution >= 4 is 21.4 Å². The largest absolute Gasteiger partial charge is 0.385 e. The van der Waals surface area contributed by atoms with Crippen molar-refractivity contribution in [1.82, 2.24) is 4.72 Å². The maximum atomic E-state index is 12.1. The summed E-state index contributed by atoms with van der Waals surface area (Å²) < 4.78 is 27.1. The molecule has 4 rings (SSSR count). The van der Waals surface area contributed by atoms with Gasteiger partial charge in [-0.3, -0.25) is 0 Å². The monoisotopic (exact) mass is 469 g/mol. The van der Waals surface area contributed by atoms with Crippen molar-refractivity contribution in [2.24, 2.45) is 5.92 Å². The van der Waals surface area contributed by atoms with Crippen molar-refractivity contribution in [2.75, 3.05) is 29.9 Å². The van der Waals surface area contributed by atoms with Gasteiger partial charge in [0.05, 0.1) is 5.25 Å². The minimum absolute atomic E-state index is 0.0919. The maximum absolute atomic E-state index is 12.1. The second kappa shape index (κ2) is 10.9. The third-order valence-corrected chi connectivity index (χ3v) is 9.10. The summed E-state index contributed by atoms with van der Waals surface area (Å²) >= 11 is 0. The molecule has 180 valence electrons. The minimum Gasteiger partial charge on any atom is -0.385 e. The molecule has 0 amide bonds. The first kappa shape index (κ1) is 24.1. The molecule has 6 heteroatoms. The summed E-state index contributed by atoms with van der Waals surface area (Å²) in [6.45, 7) is 6.75. The Labute approximate surface area is 200 Å². The standard InChI is InChI=1S/C27H39N3O2S/c1-21(2)33(31,32)29-26-12-6-22(7-13-26)20-28-25-14-8-23(9-15-25)24-10-16-27(17-11-24)30-18-4-3-5-19-30/h8-11,14-17,21-22,26,28-29H,3-7,12-13,18-20H2,1-2H3. The van der Waals surface area contributed by atoms with E-state index in [0.29, 0.717) is 5.92 Å². The van der Waals surface area contributed by atoms with Crippen molar-refractivity contribution in [3.8, 4) is 11.1 Å². The van der Waals surface area contributed by atoms with Gasteiger partial charge in [-0.2, -0.15) is 0 Å². The van der Waals surface area contributed by atoms with E-state index in [1.54, 1.807) is 13.8 Å². The van der Waals surface area contributed by atoms with Crippen molar-refractivity contribution in [1.29, 1.82) is 0 Å². The number of nitrogens with one attached hydrogen (secondary N) is 2. The van der Waals surface area contributed by atoms with Crippen molar-refractivity contribution in [2.45, 2.75) is 70.1 Å². The number of nitrogens with zero attached hydrogens (tertiary/aromatic N) is 1. The van der Waals surface area contributed by atoms with E-state index in [-0.39, 0.29) is 11.3 Å². The highest BCUT2D eigenvalue weighted by molar-refractivity contribution is 7.90. The number of benzene rings is 2. The molecule has 0 radical (unpaired) electrons. The van der Waals surface area contributed by atoms with E-state index < -0.39 is 10.0 Å². The highest BCUT2D eigenvalue weighted by Crippen LogP contribution is 2.28. The molecule has 2 aliphatic rings. The van der Waals surface area contributed by atoms with Crippen LogP contribution in [0.2, 0.25) is 0 Å². The average Bonchev–Trinajstić information content (AvgIpc) is 2.84. The van der Waals surface area contributed by atoms with E-state index in [4.69, 9.17) is 0 Å². The third-order valence-electron chi connectivity index (χ3n) is 7.20. The molecule has 0 bridgehead atoms. The van der Waals surface area contributed by atoms with Gasteiger partial charge in [0.15, 0.2) is 0 Å². The number of piperidine rings is 1. The molecule has 1 heterocycles. The predicted molar refractivity (Wildman–Crippen MR) is 139 cm³/mol. The maximum Gasteiger partial charge on any atom is 0.214 e. The quantitative estimate of drug-likeness (QED) is 0.525. The van der Waals surface area contributed by atoms with Gasteiger partial charge in [-0.05, 0) is 100 Å². The highest BCUT2D eigenvalue weighted by atomic mass is 32.2. The van der Waals surface area contributed by atoms with Crippen LogP contribution in [0.5, 0.6) is 0 Å². The molecule has 1 saturated heterocycles. The van der Waals surface area contributed by atoms with Crippen LogP contribution in [0, 0.1) is 5.92 Å². The van der Waals surface area contributed by atoms with Crippen LogP contribution in [0.3, 0.4) is 0 Å². The van der Waals surface area contributed by atoms with Crippen LogP contribution in [-0.4, -0.2) is 39.3 Å². The van der Waals surface area contributed by atoms with E-state index in [1.165, 1.54) is 49.2 Å². The van der Waals surface area contributed by atoms with Gasteiger partial charge in [0.25, 0.3) is 0 Å². The molecule has 0 unspecified atom stereocenters. The van der Waals surface area contributed by atoms with Gasteiger partial charge in [0.2, 0.25) is 10.0 Å². The zero-order valence-corrected chi connectivity index (χ0v) is 20.9. The predicted octanol–water partition coefficient (Wildman–Crippen LogP) is 5.64. The molecule has 33 heavy (non-hydrogen) atoms. The van der Waals surface area contributed by atoms with Crippen LogP contribution in [0.15, 0.2) is 48.5 Å². The zero-order chi connectivity index (χ0) is 23.3. The Morgan fingerprint density at radius 1 is 0.848 bits per heavy atom. The van der Waals surface area contributed by atoms with Gasteiger partial charge >= 0.3 is 0 Å². The molecule has 1 aliphatic carbocycles. The van der Waals surface area contributed by atoms with E-state index in [0.717, 1.165) is 37.9 Å². The van der Waals surface area contributed by atoms with Crippen molar-refractivity contribution in [3.63, 3.8) is 0 Å². The highest BCUT2D eigenvalue weighted by Gasteiger charge is 2.26. The van der Waals surface area contributed by atoms with Gasteiger partial charge < -0.3 is 10.2 Å². The first-order chi connectivity index (χ1) is 15.9. The lowest BCUT2D eigenvalue weighted by molar-refractivity contribution is 0.323. The summed E-state index contributed by atoms with van der Waals surface area (Å²) in [5.41, 5.74) is 4.97. The Morgan fingerprint density at radius 2 is 1.42 bits per heavy atom. The molecule has 5 nitrogen and oxygen atoms in total. The van der Waals surface area contributed by atoms with Gasteiger partial charge in [-0.25, -0.2) is 13.1 Å². The lowest BCUT2D eigenvalue weighted by Crippen LogP contribution is -2.41. The van der Waals surface area contributed by atoms with Gasteiger partial charge in [0.1, 0.15) is 0 Å². The minimum atomic E-state index is -3.17. The summed E-state index contributed by atoms with van der Waals surface area (Å²) in [5, 5.41) is 3.21. The molecule has 0 aromatic heterocycles. The fraction of sp³-hybridized carbons (Fsp3) is 0.556. The molecule has 2 aromatic rings. The summed E-state index contributed by atoms with van der Waals surface area (Å²) in [6.07, 6.45) is 7.91. The lowest BCUT2D eigenvalue weighted by Gasteiger charge is -2.29. The second-order valence-corrected chi connectivity index (χ2v) is 12.3. The van der Waals surface area contributed by atoms with Crippen LogP contribution < -0.4 is 14.9 Å². The summed E-state index contributed by atoms with van der Waals surface area (Å²) in [4.78, 5) is 2.49. The molecule has 0 spiro atoms. The van der Waals surface area contributed by atoms with Crippen LogP contribution in [0.25, 0.3) is 11.1 Å². The third kappa shape index (κ3) is 6.51. The Hall–Kier alpha value is -2.05. The lowest BCUT2D eigenvalue weighted by atomic mass is 9.86. The summed E-state index contributed by atoms with van der Waals surface area (Å²) in [7, 11) is -3.17. The van der Waals surface area contributed by atoms with Gasteiger partial charge in [-0.15, -0.1) is 0 Å². The normalized spacial score (nSPS) is 21.8. The van der Waals surface area contributed by atoms with Crippen LogP contribution in [0.4, 0.5) is 11.4 Å².